The molecule has 4 heterocycles. The molecule has 0 fully saturated rings. The Kier molecular flexibility index (Phi) is 5.40. The lowest BCUT2D eigenvalue weighted by atomic mass is 9.73. The molecule has 0 aliphatic carbocycles. The van der Waals surface area contributed by atoms with Gasteiger partial charge in [-0.15, -0.1) is 0 Å². The third-order valence-electron chi connectivity index (χ3n) is 9.01. The molecule has 0 radical (unpaired) electrons. The van der Waals surface area contributed by atoms with E-state index in [9.17, 15) is 0 Å². The third kappa shape index (κ3) is 3.97. The monoisotopic (exact) mass is 559 g/mol. The van der Waals surface area contributed by atoms with Gasteiger partial charge in [-0.2, -0.15) is 0 Å². The summed E-state index contributed by atoms with van der Waals surface area (Å²) in [6.45, 7) is 11.5. The lowest BCUT2D eigenvalue weighted by Gasteiger charge is -2.35. The lowest BCUT2D eigenvalue weighted by molar-refractivity contribution is 0.483. The normalized spacial score (nSPS) is 13.9. The van der Waals surface area contributed by atoms with Gasteiger partial charge in [-0.25, -0.2) is 9.97 Å². The number of benzene rings is 4. The van der Waals surface area contributed by atoms with Crippen molar-refractivity contribution < 1.29 is 4.74 Å². The quantitative estimate of drug-likeness (QED) is 0.216. The summed E-state index contributed by atoms with van der Waals surface area (Å²) in [7, 11) is 0. The van der Waals surface area contributed by atoms with Crippen LogP contribution < -0.4 is 4.74 Å². The number of fused-ring (bicyclic) bond motifs is 6. The maximum atomic E-state index is 6.53. The molecule has 0 unspecified atom stereocenters. The Morgan fingerprint density at radius 3 is 2.42 bits per heavy atom. The average molecular weight is 560 g/mol. The second-order valence-electron chi connectivity index (χ2n) is 13.2. The number of nitrogens with zero attached hydrogens (tertiary/aromatic N) is 3. The van der Waals surface area contributed by atoms with E-state index in [-0.39, 0.29) is 10.8 Å². The molecule has 7 aromatic rings. The molecule has 3 aromatic heterocycles. The highest BCUT2D eigenvalue weighted by Crippen LogP contribution is 2.48. The van der Waals surface area contributed by atoms with E-state index in [2.05, 4.69) is 106 Å². The van der Waals surface area contributed by atoms with Crippen molar-refractivity contribution in [1.29, 1.82) is 0 Å². The molecule has 4 heteroatoms. The predicted molar refractivity (Wildman–Crippen MR) is 177 cm³/mol. The van der Waals surface area contributed by atoms with Gasteiger partial charge in [0.25, 0.3) is 0 Å². The number of para-hydroxylation sites is 1. The van der Waals surface area contributed by atoms with Crippen LogP contribution in [-0.2, 0) is 10.8 Å². The van der Waals surface area contributed by atoms with Crippen LogP contribution in [0.3, 0.4) is 0 Å². The first-order chi connectivity index (χ1) is 20.7. The Morgan fingerprint density at radius 2 is 1.56 bits per heavy atom. The summed E-state index contributed by atoms with van der Waals surface area (Å²) >= 11 is 0. The van der Waals surface area contributed by atoms with Gasteiger partial charge in [-0.1, -0.05) is 83.1 Å². The van der Waals surface area contributed by atoms with E-state index in [4.69, 9.17) is 14.7 Å². The van der Waals surface area contributed by atoms with Gasteiger partial charge >= 0.3 is 0 Å². The van der Waals surface area contributed by atoms with Crippen LogP contribution in [0.25, 0.3) is 49.8 Å². The van der Waals surface area contributed by atoms with Crippen molar-refractivity contribution in [2.24, 2.45) is 0 Å². The van der Waals surface area contributed by atoms with Crippen LogP contribution >= 0.6 is 0 Å². The average Bonchev–Trinajstić information content (AvgIpc) is 3.33. The van der Waals surface area contributed by atoms with Crippen molar-refractivity contribution in [2.45, 2.75) is 45.4 Å². The first-order valence-corrected chi connectivity index (χ1v) is 14.9. The molecule has 0 bridgehead atoms. The van der Waals surface area contributed by atoms with Gasteiger partial charge in [0.15, 0.2) is 0 Å². The number of pyridine rings is 2. The first kappa shape index (κ1) is 25.7. The highest BCUT2D eigenvalue weighted by atomic mass is 16.5. The summed E-state index contributed by atoms with van der Waals surface area (Å²) in [5.41, 5.74) is 9.03. The number of ether oxygens (including phenoxy) is 1. The summed E-state index contributed by atoms with van der Waals surface area (Å²) < 4.78 is 8.87. The molecular formula is C39H33N3O. The first-order valence-electron chi connectivity index (χ1n) is 14.9. The third-order valence-corrected chi connectivity index (χ3v) is 9.01. The van der Waals surface area contributed by atoms with Gasteiger partial charge in [0.1, 0.15) is 17.3 Å². The largest absolute Gasteiger partial charge is 0.457 e. The zero-order valence-electron chi connectivity index (χ0n) is 25.1. The molecule has 210 valence electrons. The second kappa shape index (κ2) is 9.02. The topological polar surface area (TPSA) is 39.9 Å². The Balaban J connectivity index is 1.28. The van der Waals surface area contributed by atoms with Crippen molar-refractivity contribution in [3.63, 3.8) is 0 Å². The molecule has 4 nitrogen and oxygen atoms in total. The molecule has 0 saturated heterocycles. The van der Waals surface area contributed by atoms with E-state index >= 15 is 0 Å². The Hall–Kier alpha value is -4.96. The minimum absolute atomic E-state index is 0.0262. The van der Waals surface area contributed by atoms with Crippen molar-refractivity contribution >= 4 is 32.7 Å². The molecule has 0 saturated carbocycles. The fourth-order valence-electron chi connectivity index (χ4n) is 6.61. The molecule has 0 N–H and O–H groups in total. The van der Waals surface area contributed by atoms with Gasteiger partial charge in [0.2, 0.25) is 0 Å². The number of hydrogen-bond acceptors (Lipinski definition) is 3. The lowest BCUT2D eigenvalue weighted by Crippen LogP contribution is -2.28. The van der Waals surface area contributed by atoms with Gasteiger partial charge in [-0.3, -0.25) is 4.57 Å². The van der Waals surface area contributed by atoms with Crippen molar-refractivity contribution in [3.8, 4) is 28.6 Å². The summed E-state index contributed by atoms with van der Waals surface area (Å²) in [5.74, 6) is 2.55. The Morgan fingerprint density at radius 1 is 0.721 bits per heavy atom. The smallest absolute Gasteiger partial charge is 0.141 e. The fraction of sp³-hybridized carbons (Fsp3) is 0.179. The van der Waals surface area contributed by atoms with Crippen LogP contribution in [0.4, 0.5) is 0 Å². The van der Waals surface area contributed by atoms with E-state index < -0.39 is 0 Å². The van der Waals surface area contributed by atoms with Gasteiger partial charge in [0.05, 0.1) is 22.2 Å². The van der Waals surface area contributed by atoms with E-state index in [1.54, 1.807) is 0 Å². The van der Waals surface area contributed by atoms with E-state index in [1.807, 2.05) is 42.6 Å². The maximum Gasteiger partial charge on any atom is 0.141 e. The highest BCUT2D eigenvalue weighted by molar-refractivity contribution is 6.12. The van der Waals surface area contributed by atoms with Crippen molar-refractivity contribution in [2.75, 3.05) is 0 Å². The minimum atomic E-state index is -0.177. The molecule has 1 aliphatic heterocycles. The van der Waals surface area contributed by atoms with Crippen LogP contribution in [0, 0.1) is 0 Å². The Labute approximate surface area is 251 Å². The highest BCUT2D eigenvalue weighted by Gasteiger charge is 2.37. The van der Waals surface area contributed by atoms with E-state index in [0.29, 0.717) is 0 Å². The van der Waals surface area contributed by atoms with Gasteiger partial charge in [0, 0.05) is 45.0 Å². The molecule has 0 spiro atoms. The number of hydrogen-bond donors (Lipinski definition) is 0. The van der Waals surface area contributed by atoms with Crippen LogP contribution in [-0.4, -0.2) is 14.5 Å². The van der Waals surface area contributed by atoms with E-state index in [1.165, 1.54) is 33.0 Å². The van der Waals surface area contributed by atoms with Crippen LogP contribution in [0.5, 0.6) is 11.5 Å². The second-order valence-corrected chi connectivity index (χ2v) is 13.2. The summed E-state index contributed by atoms with van der Waals surface area (Å²) in [6.07, 6.45) is 1.90. The minimum Gasteiger partial charge on any atom is -0.457 e. The molecular weight excluding hydrogens is 526 g/mol. The van der Waals surface area contributed by atoms with Gasteiger partial charge < -0.3 is 4.74 Å². The molecule has 0 atom stereocenters. The van der Waals surface area contributed by atoms with Crippen molar-refractivity contribution in [3.05, 3.63) is 126 Å². The standard InChI is InChI=1S/C39H33N3O/c1-38(2,3)26-21-30-29-17-16-28(23-35(29)42-36(30)32(22-26)39(4,5)31-13-9-19-40-37(31)42)43-27-12-8-11-25(20-27)34-18-15-24-10-6-7-14-33(24)41-34/h6-23H,1-5H3. The molecule has 0 amide bonds. The zero-order chi connectivity index (χ0) is 29.5. The van der Waals surface area contributed by atoms with Crippen LogP contribution in [0.1, 0.15) is 51.3 Å². The van der Waals surface area contributed by atoms with E-state index in [0.717, 1.165) is 45.0 Å². The molecule has 43 heavy (non-hydrogen) atoms. The fourth-order valence-corrected chi connectivity index (χ4v) is 6.61. The SMILES string of the molecule is CC(C)(C)c1cc2c3c(c1)c1ccc(Oc4cccc(-c5ccc6ccccc6n5)c4)cc1n3-c1ncccc1C2(C)C. The van der Waals surface area contributed by atoms with Gasteiger partial charge in [-0.05, 0) is 65.1 Å². The molecule has 8 rings (SSSR count). The molecule has 4 aromatic carbocycles. The molecule has 1 aliphatic rings. The van der Waals surface area contributed by atoms with Crippen LogP contribution in [0.2, 0.25) is 0 Å². The van der Waals surface area contributed by atoms with Crippen LogP contribution in [0.15, 0.2) is 109 Å². The summed E-state index contributed by atoms with van der Waals surface area (Å²) in [5, 5.41) is 3.60. The maximum absolute atomic E-state index is 6.53. The number of aromatic nitrogens is 3. The van der Waals surface area contributed by atoms with Crippen molar-refractivity contribution in [1.82, 2.24) is 14.5 Å². The predicted octanol–water partition coefficient (Wildman–Crippen LogP) is 10.1. The Bertz CT molecular complexity index is 2230. The summed E-state index contributed by atoms with van der Waals surface area (Å²) in [6, 6.07) is 36.1. The zero-order valence-corrected chi connectivity index (χ0v) is 25.1. The number of rotatable bonds is 3. The summed E-state index contributed by atoms with van der Waals surface area (Å²) in [4.78, 5) is 9.82.